The van der Waals surface area contributed by atoms with Crippen LogP contribution in [0.25, 0.3) is 0 Å². The molecule has 1 aliphatic rings. The van der Waals surface area contributed by atoms with Gasteiger partial charge in [-0.1, -0.05) is 30.3 Å². The summed E-state index contributed by atoms with van der Waals surface area (Å²) in [4.78, 5) is 15.0. The van der Waals surface area contributed by atoms with Crippen molar-refractivity contribution in [2.24, 2.45) is 0 Å². The third-order valence-electron chi connectivity index (χ3n) is 5.17. The lowest BCUT2D eigenvalue weighted by Crippen LogP contribution is -2.47. The van der Waals surface area contributed by atoms with Crippen molar-refractivity contribution in [2.45, 2.75) is 32.0 Å². The number of hydrogen-bond acceptors (Lipinski definition) is 4. The number of amides is 1. The van der Waals surface area contributed by atoms with E-state index in [9.17, 15) is 9.18 Å². The summed E-state index contributed by atoms with van der Waals surface area (Å²) < 4.78 is 24.1. The molecular formula is C24H25FN2O3. The van der Waals surface area contributed by atoms with E-state index < -0.39 is 0 Å². The number of hydrogen-bond donors (Lipinski definition) is 1. The van der Waals surface area contributed by atoms with E-state index in [0.29, 0.717) is 11.5 Å². The molecule has 0 radical (unpaired) electrons. The first-order valence-electron chi connectivity index (χ1n) is 10.2. The van der Waals surface area contributed by atoms with E-state index >= 15 is 0 Å². The van der Waals surface area contributed by atoms with Crippen LogP contribution in [0.2, 0.25) is 0 Å². The number of nitrogens with zero attached hydrogens (tertiary/aromatic N) is 1. The Hall–Kier alpha value is -3.12. The lowest BCUT2D eigenvalue weighted by Gasteiger charge is -2.33. The van der Waals surface area contributed by atoms with Gasteiger partial charge in [0.05, 0.1) is 0 Å². The molecule has 1 N–H and O–H groups in total. The normalized spacial score (nSPS) is 16.9. The maximum absolute atomic E-state index is 12.9. The molecule has 5 nitrogen and oxygen atoms in total. The second-order valence-electron chi connectivity index (χ2n) is 7.54. The maximum atomic E-state index is 12.9. The fourth-order valence-electron chi connectivity index (χ4n) is 3.68. The molecule has 1 amide bonds. The molecule has 1 unspecified atom stereocenters. The quantitative estimate of drug-likeness (QED) is 0.630. The highest BCUT2D eigenvalue weighted by Crippen LogP contribution is 2.17. The highest BCUT2D eigenvalue weighted by atomic mass is 19.1. The lowest BCUT2D eigenvalue weighted by atomic mass is 10.0. The first-order chi connectivity index (χ1) is 14.7. The van der Waals surface area contributed by atoms with E-state index in [2.05, 4.69) is 22.3 Å². The zero-order chi connectivity index (χ0) is 20.8. The number of likely N-dealkylation sites (tertiary alicyclic amines) is 1. The SMILES string of the molecule is O=C(NC1CCCN(Cc2ccccc2)C1)c1ccc(COc2ccc(F)cc2)o1. The van der Waals surface area contributed by atoms with Crippen molar-refractivity contribution in [3.05, 3.63) is 89.6 Å². The molecule has 2 heterocycles. The molecule has 4 rings (SSSR count). The molecule has 30 heavy (non-hydrogen) atoms. The van der Waals surface area contributed by atoms with Crippen LogP contribution in [0.5, 0.6) is 5.75 Å². The van der Waals surface area contributed by atoms with E-state index in [-0.39, 0.29) is 30.1 Å². The molecule has 0 aliphatic carbocycles. The zero-order valence-corrected chi connectivity index (χ0v) is 16.7. The number of carbonyl (C=O) groups excluding carboxylic acids is 1. The Morgan fingerprint density at radius 2 is 1.90 bits per heavy atom. The smallest absolute Gasteiger partial charge is 0.287 e. The molecule has 6 heteroatoms. The van der Waals surface area contributed by atoms with Gasteiger partial charge >= 0.3 is 0 Å². The van der Waals surface area contributed by atoms with Gasteiger partial charge in [-0.3, -0.25) is 9.69 Å². The minimum absolute atomic E-state index is 0.0963. The van der Waals surface area contributed by atoms with E-state index in [0.717, 1.165) is 32.5 Å². The Bertz CT molecular complexity index is 956. The minimum Gasteiger partial charge on any atom is -0.486 e. The monoisotopic (exact) mass is 408 g/mol. The van der Waals surface area contributed by atoms with E-state index in [4.69, 9.17) is 9.15 Å². The number of rotatable bonds is 7. The standard InChI is InChI=1S/C24H25FN2O3/c25-19-8-10-21(11-9-19)29-17-22-12-13-23(30-22)24(28)26-20-7-4-14-27(16-20)15-18-5-2-1-3-6-18/h1-3,5-6,8-13,20H,4,7,14-17H2,(H,26,28). The molecule has 0 saturated carbocycles. The van der Waals surface area contributed by atoms with Gasteiger partial charge in [0.1, 0.15) is 23.9 Å². The summed E-state index contributed by atoms with van der Waals surface area (Å²) in [6.07, 6.45) is 2.00. The fourth-order valence-corrected chi connectivity index (χ4v) is 3.68. The van der Waals surface area contributed by atoms with Gasteiger partial charge < -0.3 is 14.5 Å². The first kappa shape index (κ1) is 20.2. The van der Waals surface area contributed by atoms with Crippen molar-refractivity contribution >= 4 is 5.91 Å². The summed E-state index contributed by atoms with van der Waals surface area (Å²) in [5.74, 6) is 0.824. The first-order valence-corrected chi connectivity index (χ1v) is 10.2. The van der Waals surface area contributed by atoms with Crippen molar-refractivity contribution in [2.75, 3.05) is 13.1 Å². The van der Waals surface area contributed by atoms with Crippen molar-refractivity contribution in [3.63, 3.8) is 0 Å². The maximum Gasteiger partial charge on any atom is 0.287 e. The summed E-state index contributed by atoms with van der Waals surface area (Å²) in [7, 11) is 0. The molecule has 0 bridgehead atoms. The van der Waals surface area contributed by atoms with Crippen LogP contribution in [-0.4, -0.2) is 29.9 Å². The predicted molar refractivity (Wildman–Crippen MR) is 112 cm³/mol. The number of halogens is 1. The molecule has 3 aromatic rings. The number of nitrogens with one attached hydrogen (secondary N) is 1. The van der Waals surface area contributed by atoms with Gasteiger partial charge in [0.2, 0.25) is 0 Å². The Morgan fingerprint density at radius 1 is 1.10 bits per heavy atom. The minimum atomic E-state index is -0.315. The van der Waals surface area contributed by atoms with Gasteiger partial charge in [-0.25, -0.2) is 4.39 Å². The average molecular weight is 408 g/mol. The highest BCUT2D eigenvalue weighted by molar-refractivity contribution is 5.91. The molecule has 1 fully saturated rings. The van der Waals surface area contributed by atoms with Crippen LogP contribution in [0.3, 0.4) is 0 Å². The van der Waals surface area contributed by atoms with Crippen LogP contribution in [0.1, 0.15) is 34.7 Å². The summed E-state index contributed by atoms with van der Waals surface area (Å²) in [5, 5.41) is 3.09. The fraction of sp³-hybridized carbons (Fsp3) is 0.292. The van der Waals surface area contributed by atoms with Crippen LogP contribution in [-0.2, 0) is 13.2 Å². The molecule has 156 valence electrons. The van der Waals surface area contributed by atoms with Crippen molar-refractivity contribution in [1.29, 1.82) is 0 Å². The molecule has 1 aromatic heterocycles. The molecule has 2 aromatic carbocycles. The molecular weight excluding hydrogens is 383 g/mol. The number of furan rings is 1. The van der Waals surface area contributed by atoms with Crippen LogP contribution >= 0.6 is 0 Å². The largest absolute Gasteiger partial charge is 0.486 e. The number of piperidine rings is 1. The summed E-state index contributed by atoms with van der Waals surface area (Å²) in [6.45, 7) is 2.92. The lowest BCUT2D eigenvalue weighted by molar-refractivity contribution is 0.0869. The van der Waals surface area contributed by atoms with E-state index in [1.807, 2.05) is 18.2 Å². The average Bonchev–Trinajstić information content (AvgIpc) is 3.24. The van der Waals surface area contributed by atoms with Crippen LogP contribution in [0.15, 0.2) is 71.1 Å². The van der Waals surface area contributed by atoms with Gasteiger partial charge in [0.25, 0.3) is 5.91 Å². The number of benzene rings is 2. The van der Waals surface area contributed by atoms with E-state index in [1.165, 1.54) is 17.7 Å². The van der Waals surface area contributed by atoms with Crippen molar-refractivity contribution in [3.8, 4) is 5.75 Å². The summed E-state index contributed by atoms with van der Waals surface area (Å²) in [5.41, 5.74) is 1.28. The predicted octanol–water partition coefficient (Wildman–Crippen LogP) is 4.39. The van der Waals surface area contributed by atoms with Gasteiger partial charge in [-0.2, -0.15) is 0 Å². The molecule has 1 atom stereocenters. The Morgan fingerprint density at radius 3 is 2.70 bits per heavy atom. The topological polar surface area (TPSA) is 54.7 Å². The number of ether oxygens (including phenoxy) is 1. The highest BCUT2D eigenvalue weighted by Gasteiger charge is 2.23. The molecule has 1 aliphatic heterocycles. The third-order valence-corrected chi connectivity index (χ3v) is 5.17. The summed E-state index contributed by atoms with van der Waals surface area (Å²) in [6, 6.07) is 19.6. The van der Waals surface area contributed by atoms with Crippen LogP contribution < -0.4 is 10.1 Å². The Labute approximate surface area is 175 Å². The Kier molecular flexibility index (Phi) is 6.44. The zero-order valence-electron chi connectivity index (χ0n) is 16.7. The molecule has 0 spiro atoms. The van der Waals surface area contributed by atoms with E-state index in [1.54, 1.807) is 24.3 Å². The van der Waals surface area contributed by atoms with Crippen LogP contribution in [0, 0.1) is 5.82 Å². The second-order valence-corrected chi connectivity index (χ2v) is 7.54. The van der Waals surface area contributed by atoms with Gasteiger partial charge in [0, 0.05) is 19.1 Å². The summed E-state index contributed by atoms with van der Waals surface area (Å²) >= 11 is 0. The van der Waals surface area contributed by atoms with Gasteiger partial charge in [-0.15, -0.1) is 0 Å². The molecule has 1 saturated heterocycles. The van der Waals surface area contributed by atoms with Gasteiger partial charge in [-0.05, 0) is 61.3 Å². The van der Waals surface area contributed by atoms with Crippen LogP contribution in [0.4, 0.5) is 4.39 Å². The Balaban J connectivity index is 1.27. The van der Waals surface area contributed by atoms with Crippen molar-refractivity contribution in [1.82, 2.24) is 10.2 Å². The van der Waals surface area contributed by atoms with Crippen molar-refractivity contribution < 1.29 is 18.3 Å². The van der Waals surface area contributed by atoms with Gasteiger partial charge in [0.15, 0.2) is 5.76 Å². The third kappa shape index (κ3) is 5.48. The number of carbonyl (C=O) groups is 1. The second kappa shape index (κ2) is 9.59.